The minimum absolute atomic E-state index is 0.00373. The molecule has 15 heavy (non-hydrogen) atoms. The molecule has 0 radical (unpaired) electrons. The molecule has 1 aliphatic rings. The van der Waals surface area contributed by atoms with Gasteiger partial charge < -0.3 is 15.7 Å². The lowest BCUT2D eigenvalue weighted by atomic mass is 10.2. The Kier molecular flexibility index (Phi) is 6.05. The number of amides is 1. The number of hydrogen-bond acceptors (Lipinski definition) is 4. The Labute approximate surface area is 95.2 Å². The van der Waals surface area contributed by atoms with Gasteiger partial charge in [0, 0.05) is 11.3 Å². The fraction of sp³-hybridized carbons (Fsp3) is 0.900. The van der Waals surface area contributed by atoms with E-state index in [-0.39, 0.29) is 18.6 Å². The largest absolute Gasteiger partial charge is 0.394 e. The fourth-order valence-electron chi connectivity index (χ4n) is 1.52. The summed E-state index contributed by atoms with van der Waals surface area (Å²) in [5, 5.41) is 15.4. The second-order valence-corrected chi connectivity index (χ2v) is 5.20. The van der Waals surface area contributed by atoms with Gasteiger partial charge in [-0.2, -0.15) is 0 Å². The lowest BCUT2D eigenvalue weighted by molar-refractivity contribution is -0.119. The summed E-state index contributed by atoms with van der Waals surface area (Å²) in [6.07, 6.45) is 2.29. The number of nitrogens with one attached hydrogen (secondary N) is 2. The number of hydrogen-bond donors (Lipinski definition) is 3. The molecule has 3 N–H and O–H groups in total. The third-order valence-corrected chi connectivity index (χ3v) is 3.79. The van der Waals surface area contributed by atoms with Crippen LogP contribution in [0.2, 0.25) is 0 Å². The molecule has 1 saturated heterocycles. The van der Waals surface area contributed by atoms with Crippen LogP contribution in [0.4, 0.5) is 0 Å². The van der Waals surface area contributed by atoms with E-state index >= 15 is 0 Å². The van der Waals surface area contributed by atoms with Gasteiger partial charge in [0.15, 0.2) is 0 Å². The van der Waals surface area contributed by atoms with Gasteiger partial charge in [-0.3, -0.25) is 4.79 Å². The number of aliphatic hydroxyl groups is 1. The highest BCUT2D eigenvalue weighted by Crippen LogP contribution is 2.19. The van der Waals surface area contributed by atoms with E-state index in [0.717, 1.165) is 25.9 Å². The van der Waals surface area contributed by atoms with Crippen molar-refractivity contribution in [2.75, 3.05) is 25.4 Å². The van der Waals surface area contributed by atoms with E-state index in [9.17, 15) is 4.79 Å². The van der Waals surface area contributed by atoms with Crippen molar-refractivity contribution in [3.63, 3.8) is 0 Å². The monoisotopic (exact) mass is 232 g/mol. The molecule has 1 aliphatic heterocycles. The Morgan fingerprint density at radius 2 is 2.27 bits per heavy atom. The molecule has 88 valence electrons. The van der Waals surface area contributed by atoms with Crippen LogP contribution in [0, 0.1) is 0 Å². The van der Waals surface area contributed by atoms with Crippen LogP contribution in [0.15, 0.2) is 0 Å². The highest BCUT2D eigenvalue weighted by Gasteiger charge is 2.15. The van der Waals surface area contributed by atoms with E-state index in [1.54, 1.807) is 18.7 Å². The second-order valence-electron chi connectivity index (χ2n) is 3.91. The summed E-state index contributed by atoms with van der Waals surface area (Å²) in [5.41, 5.74) is 0. The van der Waals surface area contributed by atoms with Crippen molar-refractivity contribution in [3.8, 4) is 0 Å². The van der Waals surface area contributed by atoms with Crippen molar-refractivity contribution in [2.45, 2.75) is 31.1 Å². The molecule has 1 fully saturated rings. The summed E-state index contributed by atoms with van der Waals surface area (Å²) in [5.74, 6) is 0.537. The SMILES string of the molecule is CC(CO)NC(=O)CSC1CCNCC1. The van der Waals surface area contributed by atoms with Crippen molar-refractivity contribution < 1.29 is 9.90 Å². The Bertz CT molecular complexity index is 196. The average molecular weight is 232 g/mol. The summed E-state index contributed by atoms with van der Waals surface area (Å²) < 4.78 is 0. The highest BCUT2D eigenvalue weighted by atomic mass is 32.2. The molecule has 0 aliphatic carbocycles. The lowest BCUT2D eigenvalue weighted by Gasteiger charge is -2.22. The molecular formula is C10H20N2O2S. The van der Waals surface area contributed by atoms with Crippen molar-refractivity contribution in [3.05, 3.63) is 0 Å². The third kappa shape index (κ3) is 5.39. The van der Waals surface area contributed by atoms with Crippen LogP contribution in [-0.4, -0.2) is 47.8 Å². The van der Waals surface area contributed by atoms with E-state index in [2.05, 4.69) is 10.6 Å². The molecule has 1 amide bonds. The Hall–Kier alpha value is -0.260. The molecule has 1 heterocycles. The Morgan fingerprint density at radius 1 is 1.60 bits per heavy atom. The van der Waals surface area contributed by atoms with Gasteiger partial charge in [0.05, 0.1) is 12.4 Å². The van der Waals surface area contributed by atoms with Gasteiger partial charge in [-0.05, 0) is 32.9 Å². The zero-order valence-corrected chi connectivity index (χ0v) is 9.98. The van der Waals surface area contributed by atoms with Gasteiger partial charge in [-0.15, -0.1) is 11.8 Å². The van der Waals surface area contributed by atoms with E-state index in [1.807, 2.05) is 0 Å². The van der Waals surface area contributed by atoms with Crippen molar-refractivity contribution in [2.24, 2.45) is 0 Å². The minimum atomic E-state index is -0.133. The van der Waals surface area contributed by atoms with Gasteiger partial charge in [0.1, 0.15) is 0 Å². The normalized spacial score (nSPS) is 19.9. The van der Waals surface area contributed by atoms with Crippen molar-refractivity contribution >= 4 is 17.7 Å². The van der Waals surface area contributed by atoms with Gasteiger partial charge in [0.2, 0.25) is 5.91 Å². The average Bonchev–Trinajstić information content (AvgIpc) is 2.27. The van der Waals surface area contributed by atoms with E-state index in [1.165, 1.54) is 0 Å². The van der Waals surface area contributed by atoms with Crippen LogP contribution < -0.4 is 10.6 Å². The molecule has 0 saturated carbocycles. The maximum Gasteiger partial charge on any atom is 0.230 e. The zero-order chi connectivity index (χ0) is 11.1. The van der Waals surface area contributed by atoms with Gasteiger partial charge in [-0.1, -0.05) is 0 Å². The van der Waals surface area contributed by atoms with E-state index in [4.69, 9.17) is 5.11 Å². The summed E-state index contributed by atoms with van der Waals surface area (Å²) in [6.45, 7) is 3.93. The van der Waals surface area contributed by atoms with Crippen molar-refractivity contribution in [1.82, 2.24) is 10.6 Å². The van der Waals surface area contributed by atoms with Gasteiger partial charge >= 0.3 is 0 Å². The second kappa shape index (κ2) is 7.09. The number of carbonyl (C=O) groups excluding carboxylic acids is 1. The van der Waals surface area contributed by atoms with Crippen LogP contribution in [0.25, 0.3) is 0 Å². The number of thioether (sulfide) groups is 1. The molecule has 0 aromatic heterocycles. The van der Waals surface area contributed by atoms with Crippen LogP contribution in [-0.2, 0) is 4.79 Å². The lowest BCUT2D eigenvalue weighted by Crippen LogP contribution is -2.37. The van der Waals surface area contributed by atoms with Crippen LogP contribution in [0.1, 0.15) is 19.8 Å². The first-order chi connectivity index (χ1) is 7.22. The molecule has 0 bridgehead atoms. The molecule has 4 nitrogen and oxygen atoms in total. The van der Waals surface area contributed by atoms with Crippen LogP contribution in [0.5, 0.6) is 0 Å². The molecule has 1 rings (SSSR count). The fourth-order valence-corrected chi connectivity index (χ4v) is 2.56. The predicted molar refractivity (Wildman–Crippen MR) is 63.0 cm³/mol. The smallest absolute Gasteiger partial charge is 0.230 e. The third-order valence-electron chi connectivity index (χ3n) is 2.42. The minimum Gasteiger partial charge on any atom is -0.394 e. The zero-order valence-electron chi connectivity index (χ0n) is 9.16. The number of rotatable bonds is 5. The molecule has 1 unspecified atom stereocenters. The number of piperidine rings is 1. The first-order valence-electron chi connectivity index (χ1n) is 5.45. The summed E-state index contributed by atoms with van der Waals surface area (Å²) in [7, 11) is 0. The number of aliphatic hydroxyl groups excluding tert-OH is 1. The molecule has 0 aromatic rings. The number of carbonyl (C=O) groups is 1. The highest BCUT2D eigenvalue weighted by molar-refractivity contribution is 8.00. The quantitative estimate of drug-likeness (QED) is 0.623. The topological polar surface area (TPSA) is 61.4 Å². The first-order valence-corrected chi connectivity index (χ1v) is 6.49. The van der Waals surface area contributed by atoms with Gasteiger partial charge in [-0.25, -0.2) is 0 Å². The first kappa shape index (κ1) is 12.8. The molecule has 5 heteroatoms. The van der Waals surface area contributed by atoms with Gasteiger partial charge in [0.25, 0.3) is 0 Å². The summed E-state index contributed by atoms with van der Waals surface area (Å²) in [4.78, 5) is 11.4. The van der Waals surface area contributed by atoms with Crippen LogP contribution in [0.3, 0.4) is 0 Å². The molecule has 0 aromatic carbocycles. The molecule has 1 atom stereocenters. The standard InChI is InChI=1S/C10H20N2O2S/c1-8(6-13)12-10(14)7-15-9-2-4-11-5-3-9/h8-9,11,13H,2-7H2,1H3,(H,12,14). The van der Waals surface area contributed by atoms with Crippen molar-refractivity contribution in [1.29, 1.82) is 0 Å². The van der Waals surface area contributed by atoms with E-state index < -0.39 is 0 Å². The van der Waals surface area contributed by atoms with E-state index in [0.29, 0.717) is 11.0 Å². The molecular weight excluding hydrogens is 212 g/mol. The maximum absolute atomic E-state index is 11.4. The maximum atomic E-state index is 11.4. The summed E-state index contributed by atoms with van der Waals surface area (Å²) >= 11 is 1.72. The van der Waals surface area contributed by atoms with Crippen LogP contribution >= 0.6 is 11.8 Å². The Balaban J connectivity index is 2.10. The Morgan fingerprint density at radius 3 is 2.87 bits per heavy atom. The predicted octanol–water partition coefficient (Wildman–Crippen LogP) is -0.0314. The summed E-state index contributed by atoms with van der Waals surface area (Å²) in [6, 6.07) is -0.133. The molecule has 0 spiro atoms.